The van der Waals surface area contributed by atoms with Crippen LogP contribution in [0, 0.1) is 0 Å². The van der Waals surface area contributed by atoms with Gasteiger partial charge in [-0.15, -0.1) is 0 Å². The molecule has 1 aromatic rings. The molecule has 1 aliphatic carbocycles. The van der Waals surface area contributed by atoms with Crippen LogP contribution in [-0.2, 0) is 14.9 Å². The van der Waals surface area contributed by atoms with Crippen LogP contribution in [-0.4, -0.2) is 73.1 Å². The quantitative estimate of drug-likeness (QED) is 0.781. The molecule has 3 fully saturated rings. The van der Waals surface area contributed by atoms with Crippen molar-refractivity contribution in [2.24, 2.45) is 0 Å². The minimum Gasteiger partial charge on any atom is -0.378 e. The molecule has 27 heavy (non-hydrogen) atoms. The van der Waals surface area contributed by atoms with Gasteiger partial charge in [0.1, 0.15) is 0 Å². The zero-order valence-electron chi connectivity index (χ0n) is 15.2. The van der Waals surface area contributed by atoms with Crippen molar-refractivity contribution in [2.45, 2.75) is 36.8 Å². The molecule has 3 aliphatic heterocycles. The minimum atomic E-state index is -0.0450. The molecule has 1 saturated carbocycles. The fourth-order valence-electron chi connectivity index (χ4n) is 4.66. The van der Waals surface area contributed by atoms with Crippen molar-refractivity contribution in [2.75, 3.05) is 39.4 Å². The molecule has 1 N–H and O–H groups in total. The van der Waals surface area contributed by atoms with Crippen LogP contribution in [0.4, 0.5) is 0 Å². The van der Waals surface area contributed by atoms with Crippen molar-refractivity contribution in [3.63, 3.8) is 0 Å². The lowest BCUT2D eigenvalue weighted by atomic mass is 9.86. The maximum absolute atomic E-state index is 12.9. The first kappa shape index (κ1) is 17.6. The summed E-state index contributed by atoms with van der Waals surface area (Å²) in [4.78, 5) is 29.7. The third-order valence-corrected chi connectivity index (χ3v) is 6.97. The highest BCUT2D eigenvalue weighted by Gasteiger charge is 2.51. The zero-order chi connectivity index (χ0) is 18.6. The molecule has 5 rings (SSSR count). The molecule has 4 aliphatic rings. The van der Waals surface area contributed by atoms with Crippen molar-refractivity contribution in [1.82, 2.24) is 15.1 Å². The van der Waals surface area contributed by atoms with Gasteiger partial charge in [-0.1, -0.05) is 15.9 Å². The molecule has 7 heteroatoms. The fourth-order valence-corrected chi connectivity index (χ4v) is 5.02. The molecular weight excluding hydrogens is 410 g/mol. The Labute approximate surface area is 167 Å². The van der Waals surface area contributed by atoms with E-state index in [0.29, 0.717) is 12.6 Å². The second kappa shape index (κ2) is 6.57. The topological polar surface area (TPSA) is 61.9 Å². The van der Waals surface area contributed by atoms with Gasteiger partial charge in [-0.3, -0.25) is 14.5 Å². The molecule has 1 atom stereocenters. The summed E-state index contributed by atoms with van der Waals surface area (Å²) in [5.41, 5.74) is 1.96. The first-order valence-corrected chi connectivity index (χ1v) is 10.5. The molecule has 2 saturated heterocycles. The van der Waals surface area contributed by atoms with Crippen molar-refractivity contribution >= 4 is 27.7 Å². The van der Waals surface area contributed by atoms with Gasteiger partial charge in [0, 0.05) is 41.1 Å². The number of nitrogens with one attached hydrogen (secondary N) is 1. The maximum atomic E-state index is 12.9. The number of benzene rings is 1. The largest absolute Gasteiger partial charge is 0.378 e. The summed E-state index contributed by atoms with van der Waals surface area (Å²) in [5, 5.41) is 3.14. The van der Waals surface area contributed by atoms with Crippen LogP contribution in [0.15, 0.2) is 22.7 Å². The van der Waals surface area contributed by atoms with E-state index in [0.717, 1.165) is 61.2 Å². The molecule has 144 valence electrons. The maximum Gasteiger partial charge on any atom is 0.254 e. The smallest absolute Gasteiger partial charge is 0.254 e. The second-order valence-electron chi connectivity index (χ2n) is 8.37. The SMILES string of the molecule is O=C(CN1CC2(CC2)c2cc(Br)ccc2C1=O)N[C@H]1CCN(C2COC2)C1. The third kappa shape index (κ3) is 3.19. The molecule has 3 heterocycles. The number of halogens is 1. The molecule has 2 amide bonds. The Hall–Kier alpha value is -1.44. The Morgan fingerprint density at radius 1 is 1.33 bits per heavy atom. The number of hydrogen-bond donors (Lipinski definition) is 1. The Bertz CT molecular complexity index is 791. The van der Waals surface area contributed by atoms with E-state index in [1.807, 2.05) is 12.1 Å². The lowest BCUT2D eigenvalue weighted by Gasteiger charge is -2.35. The highest BCUT2D eigenvalue weighted by atomic mass is 79.9. The predicted octanol–water partition coefficient (Wildman–Crippen LogP) is 1.53. The van der Waals surface area contributed by atoms with Crippen molar-refractivity contribution in [3.05, 3.63) is 33.8 Å². The summed E-state index contributed by atoms with van der Waals surface area (Å²) in [6, 6.07) is 6.57. The second-order valence-corrected chi connectivity index (χ2v) is 9.29. The van der Waals surface area contributed by atoms with Crippen molar-refractivity contribution in [1.29, 1.82) is 0 Å². The predicted molar refractivity (Wildman–Crippen MR) is 104 cm³/mol. The molecule has 1 spiro atoms. The Kier molecular flexibility index (Phi) is 4.29. The summed E-state index contributed by atoms with van der Waals surface area (Å²) in [5.74, 6) is -0.0683. The van der Waals surface area contributed by atoms with Crippen molar-refractivity contribution < 1.29 is 14.3 Å². The number of carbonyl (C=O) groups excluding carboxylic acids is 2. The normalized spacial score (nSPS) is 26.8. The molecule has 6 nitrogen and oxygen atoms in total. The van der Waals surface area contributed by atoms with E-state index in [4.69, 9.17) is 4.74 Å². The van der Waals surface area contributed by atoms with E-state index in [1.54, 1.807) is 4.90 Å². The van der Waals surface area contributed by atoms with Crippen LogP contribution in [0.1, 0.15) is 35.2 Å². The first-order valence-electron chi connectivity index (χ1n) is 9.75. The number of fused-ring (bicyclic) bond motifs is 2. The van der Waals surface area contributed by atoms with Crippen LogP contribution in [0.2, 0.25) is 0 Å². The van der Waals surface area contributed by atoms with E-state index in [2.05, 4.69) is 32.2 Å². The number of rotatable bonds is 4. The van der Waals surface area contributed by atoms with Gasteiger partial charge >= 0.3 is 0 Å². The molecular formula is C20H24BrN3O3. The standard InChI is InChI=1S/C20H24BrN3O3/c21-13-1-2-16-17(7-13)20(4-5-20)12-24(19(16)26)9-18(25)22-14-3-6-23(8-14)15-10-27-11-15/h1-2,7,14-15H,3-6,8-12H2,(H,22,25)/t14-/m0/s1. The monoisotopic (exact) mass is 433 g/mol. The Morgan fingerprint density at radius 3 is 2.85 bits per heavy atom. The number of carbonyl (C=O) groups is 2. The number of likely N-dealkylation sites (tertiary alicyclic amines) is 1. The summed E-state index contributed by atoms with van der Waals surface area (Å²) >= 11 is 3.52. The van der Waals surface area contributed by atoms with Crippen LogP contribution in [0.3, 0.4) is 0 Å². The van der Waals surface area contributed by atoms with Gasteiger partial charge in [-0.05, 0) is 43.0 Å². The van der Waals surface area contributed by atoms with E-state index >= 15 is 0 Å². The lowest BCUT2D eigenvalue weighted by molar-refractivity contribution is -0.122. The minimum absolute atomic E-state index is 0.0233. The van der Waals surface area contributed by atoms with Crippen molar-refractivity contribution in [3.8, 4) is 0 Å². The summed E-state index contributed by atoms with van der Waals surface area (Å²) < 4.78 is 6.27. The first-order chi connectivity index (χ1) is 13.0. The van der Waals surface area contributed by atoms with Gasteiger partial charge in [-0.25, -0.2) is 0 Å². The number of amides is 2. The molecule has 0 unspecified atom stereocenters. The average Bonchev–Trinajstić information content (AvgIpc) is 3.23. The van der Waals surface area contributed by atoms with Gasteiger partial charge in [0.05, 0.1) is 25.8 Å². The van der Waals surface area contributed by atoms with Crippen LogP contribution in [0.5, 0.6) is 0 Å². The van der Waals surface area contributed by atoms with Gasteiger partial charge in [-0.2, -0.15) is 0 Å². The summed E-state index contributed by atoms with van der Waals surface area (Å²) in [7, 11) is 0. The highest BCUT2D eigenvalue weighted by molar-refractivity contribution is 9.10. The van der Waals surface area contributed by atoms with Gasteiger partial charge < -0.3 is 15.0 Å². The molecule has 1 aromatic carbocycles. The number of hydrogen-bond acceptors (Lipinski definition) is 4. The lowest BCUT2D eigenvalue weighted by Crippen LogP contribution is -2.51. The van der Waals surface area contributed by atoms with Gasteiger partial charge in [0.2, 0.25) is 5.91 Å². The van der Waals surface area contributed by atoms with E-state index < -0.39 is 0 Å². The number of nitrogens with zero attached hydrogens (tertiary/aromatic N) is 2. The van der Waals surface area contributed by atoms with Crippen LogP contribution in [0.25, 0.3) is 0 Å². The van der Waals surface area contributed by atoms with E-state index in [1.165, 1.54) is 0 Å². The fraction of sp³-hybridized carbons (Fsp3) is 0.600. The average molecular weight is 434 g/mol. The summed E-state index contributed by atoms with van der Waals surface area (Å²) in [6.07, 6.45) is 3.14. The molecule has 0 aromatic heterocycles. The zero-order valence-corrected chi connectivity index (χ0v) is 16.8. The third-order valence-electron chi connectivity index (χ3n) is 6.47. The van der Waals surface area contributed by atoms with Crippen LogP contribution >= 0.6 is 15.9 Å². The highest BCUT2D eigenvalue weighted by Crippen LogP contribution is 2.52. The summed E-state index contributed by atoms with van der Waals surface area (Å²) in [6.45, 7) is 4.31. The van der Waals surface area contributed by atoms with Gasteiger partial charge in [0.15, 0.2) is 0 Å². The Balaban J connectivity index is 1.23. The Morgan fingerprint density at radius 2 is 2.15 bits per heavy atom. The number of ether oxygens (including phenoxy) is 1. The van der Waals surface area contributed by atoms with Gasteiger partial charge in [0.25, 0.3) is 5.91 Å². The van der Waals surface area contributed by atoms with E-state index in [9.17, 15) is 9.59 Å². The molecule has 0 radical (unpaired) electrons. The molecule has 0 bridgehead atoms. The van der Waals surface area contributed by atoms with Crippen LogP contribution < -0.4 is 5.32 Å². The van der Waals surface area contributed by atoms with E-state index in [-0.39, 0.29) is 29.8 Å².